The van der Waals surface area contributed by atoms with Gasteiger partial charge in [-0.3, -0.25) is 9.59 Å². The molecule has 0 aromatic heterocycles. The Morgan fingerprint density at radius 1 is 1.64 bits per heavy atom. The third-order valence-electron chi connectivity index (χ3n) is 3.03. The molecule has 1 N–H and O–H groups in total. The molecule has 2 aliphatic carbocycles. The minimum absolute atomic E-state index is 0.0405. The number of carbonyl (C=O) groups is 2. The zero-order valence-corrected chi connectivity index (χ0v) is 6.17. The Labute approximate surface area is 64.4 Å². The summed E-state index contributed by atoms with van der Waals surface area (Å²) in [4.78, 5) is 22.0. The lowest BCUT2D eigenvalue weighted by atomic mass is 9.83. The first-order chi connectivity index (χ1) is 5.15. The second-order valence-corrected chi connectivity index (χ2v) is 3.62. The minimum Gasteiger partial charge on any atom is -0.480 e. The van der Waals surface area contributed by atoms with E-state index in [1.54, 1.807) is 0 Å². The Morgan fingerprint density at radius 3 is 2.64 bits per heavy atom. The van der Waals surface area contributed by atoms with E-state index >= 15 is 0 Å². The molecule has 0 heterocycles. The Kier molecular flexibility index (Phi) is 1.14. The van der Waals surface area contributed by atoms with E-state index in [1.807, 2.05) is 0 Å². The van der Waals surface area contributed by atoms with Gasteiger partial charge in [-0.25, -0.2) is 0 Å². The Bertz CT molecular complexity index is 233. The predicted molar refractivity (Wildman–Crippen MR) is 37.0 cm³/mol. The van der Waals surface area contributed by atoms with Gasteiger partial charge in [-0.2, -0.15) is 0 Å². The van der Waals surface area contributed by atoms with Crippen LogP contribution in [0, 0.1) is 11.3 Å². The van der Waals surface area contributed by atoms with Crippen LogP contribution in [-0.4, -0.2) is 16.9 Å². The van der Waals surface area contributed by atoms with Crippen molar-refractivity contribution in [3.63, 3.8) is 0 Å². The maximum Gasteiger partial charge on any atom is 0.317 e. The number of hydrogen-bond acceptors (Lipinski definition) is 2. The van der Waals surface area contributed by atoms with Gasteiger partial charge in [0.15, 0.2) is 0 Å². The van der Waals surface area contributed by atoms with Crippen molar-refractivity contribution in [3.8, 4) is 0 Å². The van der Waals surface area contributed by atoms with Crippen LogP contribution < -0.4 is 0 Å². The highest BCUT2D eigenvalue weighted by Crippen LogP contribution is 2.51. The molecule has 2 bridgehead atoms. The van der Waals surface area contributed by atoms with E-state index in [1.165, 1.54) is 0 Å². The normalized spacial score (nSPS) is 41.5. The largest absolute Gasteiger partial charge is 0.480 e. The molecule has 2 saturated carbocycles. The summed E-state index contributed by atoms with van der Waals surface area (Å²) in [6.07, 6.45) is 2.61. The van der Waals surface area contributed by atoms with Gasteiger partial charge >= 0.3 is 5.97 Å². The molecule has 60 valence electrons. The molecule has 2 aliphatic rings. The lowest BCUT2D eigenvalue weighted by molar-refractivity contribution is -0.153. The summed E-state index contributed by atoms with van der Waals surface area (Å²) in [6, 6.07) is 0. The Hall–Kier alpha value is -0.860. The number of carboxylic acid groups (broad SMARTS) is 1. The van der Waals surface area contributed by atoms with Gasteiger partial charge in [0.2, 0.25) is 0 Å². The lowest BCUT2D eigenvalue weighted by Crippen LogP contribution is -2.34. The van der Waals surface area contributed by atoms with Crippen molar-refractivity contribution in [2.75, 3.05) is 0 Å². The summed E-state index contributed by atoms with van der Waals surface area (Å²) in [5.74, 6) is -0.567. The van der Waals surface area contributed by atoms with Gasteiger partial charge in [0, 0.05) is 6.42 Å². The van der Waals surface area contributed by atoms with Gasteiger partial charge in [0.25, 0.3) is 0 Å². The maximum atomic E-state index is 11.2. The number of aliphatic carboxylic acids is 1. The topological polar surface area (TPSA) is 54.4 Å². The maximum absolute atomic E-state index is 11.2. The molecule has 2 rings (SSSR count). The molecule has 2 fully saturated rings. The van der Waals surface area contributed by atoms with Crippen LogP contribution in [0.25, 0.3) is 0 Å². The molecule has 3 heteroatoms. The van der Waals surface area contributed by atoms with E-state index in [2.05, 4.69) is 0 Å². The van der Waals surface area contributed by atoms with Crippen LogP contribution in [0.15, 0.2) is 0 Å². The van der Waals surface area contributed by atoms with E-state index in [-0.39, 0.29) is 5.78 Å². The molecule has 0 aliphatic heterocycles. The van der Waals surface area contributed by atoms with Gasteiger partial charge in [-0.1, -0.05) is 0 Å². The monoisotopic (exact) mass is 154 g/mol. The van der Waals surface area contributed by atoms with Gasteiger partial charge in [0.05, 0.1) is 0 Å². The smallest absolute Gasteiger partial charge is 0.317 e. The fraction of sp³-hybridized carbons (Fsp3) is 0.750. The molecule has 0 unspecified atom stereocenters. The highest BCUT2D eigenvalue weighted by atomic mass is 16.4. The van der Waals surface area contributed by atoms with Crippen LogP contribution in [0.3, 0.4) is 0 Å². The first-order valence-electron chi connectivity index (χ1n) is 3.92. The molecular weight excluding hydrogens is 144 g/mol. The van der Waals surface area contributed by atoms with Crippen molar-refractivity contribution in [2.24, 2.45) is 11.3 Å². The van der Waals surface area contributed by atoms with Crippen LogP contribution in [0.4, 0.5) is 0 Å². The molecule has 0 saturated heterocycles. The SMILES string of the molecule is O=C(O)[C@]12CC[C@H](CC1=O)C2. The minimum atomic E-state index is -0.954. The second kappa shape index (κ2) is 1.84. The highest BCUT2D eigenvalue weighted by molar-refractivity contribution is 6.05. The fourth-order valence-corrected chi connectivity index (χ4v) is 2.35. The lowest BCUT2D eigenvalue weighted by Gasteiger charge is -2.18. The Morgan fingerprint density at radius 2 is 2.36 bits per heavy atom. The van der Waals surface area contributed by atoms with E-state index in [0.29, 0.717) is 25.2 Å². The average molecular weight is 154 g/mol. The van der Waals surface area contributed by atoms with Crippen LogP contribution in [0.2, 0.25) is 0 Å². The standard InChI is InChI=1S/C8H10O3/c9-6-3-5-1-2-8(6,4-5)7(10)11/h5H,1-4H2,(H,10,11)/t5-,8+/m1/s1. The van der Waals surface area contributed by atoms with E-state index in [0.717, 1.165) is 6.42 Å². The average Bonchev–Trinajstić information content (AvgIpc) is 2.43. The Balaban J connectivity index is 2.37. The van der Waals surface area contributed by atoms with Crippen molar-refractivity contribution in [1.29, 1.82) is 0 Å². The van der Waals surface area contributed by atoms with Crippen LogP contribution in [-0.2, 0) is 9.59 Å². The zero-order chi connectivity index (χ0) is 8.06. The summed E-state index contributed by atoms with van der Waals surface area (Å²) in [5, 5.41) is 8.84. The number of Topliss-reactive ketones (excluding diaryl/α,β-unsaturated/α-hetero) is 1. The fourth-order valence-electron chi connectivity index (χ4n) is 2.35. The molecule has 0 spiro atoms. The molecular formula is C8H10O3. The second-order valence-electron chi connectivity index (χ2n) is 3.62. The third kappa shape index (κ3) is 0.682. The zero-order valence-electron chi connectivity index (χ0n) is 6.17. The van der Waals surface area contributed by atoms with Crippen molar-refractivity contribution >= 4 is 11.8 Å². The number of carbonyl (C=O) groups excluding carboxylic acids is 1. The number of hydrogen-bond donors (Lipinski definition) is 1. The summed E-state index contributed by atoms with van der Waals surface area (Å²) < 4.78 is 0. The predicted octanol–water partition coefficient (Wildman–Crippen LogP) is 0.830. The number of carboxylic acids is 1. The first-order valence-corrected chi connectivity index (χ1v) is 3.92. The van der Waals surface area contributed by atoms with Crippen LogP contribution >= 0.6 is 0 Å². The summed E-state index contributed by atoms with van der Waals surface area (Å²) in [7, 11) is 0. The van der Waals surface area contributed by atoms with Crippen molar-refractivity contribution < 1.29 is 14.7 Å². The third-order valence-corrected chi connectivity index (χ3v) is 3.03. The molecule has 0 radical (unpaired) electrons. The van der Waals surface area contributed by atoms with Gasteiger partial charge < -0.3 is 5.11 Å². The number of rotatable bonds is 1. The van der Waals surface area contributed by atoms with E-state index < -0.39 is 11.4 Å². The number of ketones is 1. The summed E-state index contributed by atoms with van der Waals surface area (Å²) in [6.45, 7) is 0. The van der Waals surface area contributed by atoms with Crippen LogP contribution in [0.1, 0.15) is 25.7 Å². The molecule has 2 atom stereocenters. The molecule has 3 nitrogen and oxygen atoms in total. The van der Waals surface area contributed by atoms with Gasteiger partial charge in [0.1, 0.15) is 11.2 Å². The van der Waals surface area contributed by atoms with Crippen molar-refractivity contribution in [1.82, 2.24) is 0 Å². The first kappa shape index (κ1) is 6.83. The van der Waals surface area contributed by atoms with Crippen LogP contribution in [0.5, 0.6) is 0 Å². The van der Waals surface area contributed by atoms with Crippen molar-refractivity contribution in [2.45, 2.75) is 25.7 Å². The molecule has 0 amide bonds. The molecule has 0 aromatic carbocycles. The van der Waals surface area contributed by atoms with Gasteiger partial charge in [-0.05, 0) is 25.2 Å². The molecule has 11 heavy (non-hydrogen) atoms. The molecule has 0 aromatic rings. The quantitative estimate of drug-likeness (QED) is 0.569. The van der Waals surface area contributed by atoms with E-state index in [4.69, 9.17) is 5.11 Å². The highest BCUT2D eigenvalue weighted by Gasteiger charge is 2.56. The summed E-state index contributed by atoms with van der Waals surface area (Å²) >= 11 is 0. The summed E-state index contributed by atoms with van der Waals surface area (Å²) in [5.41, 5.74) is -0.954. The van der Waals surface area contributed by atoms with E-state index in [9.17, 15) is 9.59 Å². The van der Waals surface area contributed by atoms with Gasteiger partial charge in [-0.15, -0.1) is 0 Å². The number of fused-ring (bicyclic) bond motifs is 2. The van der Waals surface area contributed by atoms with Crippen molar-refractivity contribution in [3.05, 3.63) is 0 Å².